The van der Waals surface area contributed by atoms with Crippen LogP contribution in [-0.2, 0) is 10.8 Å². The summed E-state index contributed by atoms with van der Waals surface area (Å²) in [6.45, 7) is 5.28. The first-order valence-corrected chi connectivity index (χ1v) is 9.01. The van der Waals surface area contributed by atoms with Gasteiger partial charge in [-0.25, -0.2) is 9.98 Å². The van der Waals surface area contributed by atoms with Crippen LogP contribution in [-0.4, -0.2) is 24.6 Å². The van der Waals surface area contributed by atoms with Crippen LogP contribution in [0, 0.1) is 6.92 Å². The van der Waals surface area contributed by atoms with Crippen molar-refractivity contribution in [2.45, 2.75) is 25.7 Å². The minimum atomic E-state index is -1.19. The number of thiol groups is 1. The van der Waals surface area contributed by atoms with E-state index in [1.807, 2.05) is 19.1 Å². The fraction of sp³-hybridized carbons (Fsp3) is 0.267. The molecule has 0 amide bonds. The first kappa shape index (κ1) is 17.9. The molecule has 1 aromatic carbocycles. The molecule has 2 rings (SSSR count). The summed E-state index contributed by atoms with van der Waals surface area (Å²) in [6, 6.07) is 5.37. The lowest BCUT2D eigenvalue weighted by atomic mass is 10.2. The lowest BCUT2D eigenvalue weighted by Crippen LogP contribution is -2.21. The van der Waals surface area contributed by atoms with Gasteiger partial charge in [-0.2, -0.15) is 0 Å². The Bertz CT molecular complexity index is 842. The SMILES string of the molecule is CCS(=O)C(C)=Nc1ncn(-c2c(C)cccc2Cl)c(=O)c1S. The van der Waals surface area contributed by atoms with Crippen LogP contribution in [0.2, 0.25) is 5.02 Å². The summed E-state index contributed by atoms with van der Waals surface area (Å²) in [5.74, 6) is 0.603. The van der Waals surface area contributed by atoms with Crippen LogP contribution in [0.15, 0.2) is 39.2 Å². The average molecular weight is 370 g/mol. The van der Waals surface area contributed by atoms with Crippen LogP contribution in [0.4, 0.5) is 5.82 Å². The second-order valence-corrected chi connectivity index (χ2v) is 7.48. The second kappa shape index (κ2) is 7.42. The Balaban J connectivity index is 2.60. The summed E-state index contributed by atoms with van der Waals surface area (Å²) in [4.78, 5) is 21.0. The van der Waals surface area contributed by atoms with Crippen molar-refractivity contribution < 1.29 is 4.21 Å². The zero-order chi connectivity index (χ0) is 17.1. The minimum absolute atomic E-state index is 0.0827. The maximum Gasteiger partial charge on any atom is 0.273 e. The number of hydrogen-bond donors (Lipinski definition) is 1. The molecular formula is C15H16ClN3O2S2. The van der Waals surface area contributed by atoms with Gasteiger partial charge >= 0.3 is 0 Å². The van der Waals surface area contributed by atoms with Crippen molar-refractivity contribution in [3.63, 3.8) is 0 Å². The zero-order valence-electron chi connectivity index (χ0n) is 12.9. The highest BCUT2D eigenvalue weighted by Crippen LogP contribution is 2.24. The van der Waals surface area contributed by atoms with Crippen molar-refractivity contribution in [3.05, 3.63) is 45.5 Å². The van der Waals surface area contributed by atoms with E-state index in [0.29, 0.717) is 21.5 Å². The molecule has 0 radical (unpaired) electrons. The molecule has 1 heterocycles. The van der Waals surface area contributed by atoms with Gasteiger partial charge in [0.2, 0.25) is 0 Å². The monoisotopic (exact) mass is 369 g/mol. The Hall–Kier alpha value is -1.44. The smallest absolute Gasteiger partial charge is 0.268 e. The van der Waals surface area contributed by atoms with Gasteiger partial charge in [0.05, 0.1) is 21.5 Å². The van der Waals surface area contributed by atoms with E-state index >= 15 is 0 Å². The molecule has 0 spiro atoms. The second-order valence-electron chi connectivity index (χ2n) is 4.76. The normalized spacial score (nSPS) is 13.2. The third-order valence-corrected chi connectivity index (χ3v) is 5.18. The van der Waals surface area contributed by atoms with E-state index in [2.05, 4.69) is 22.6 Å². The molecule has 8 heteroatoms. The number of rotatable bonds is 3. The third kappa shape index (κ3) is 3.73. The van der Waals surface area contributed by atoms with Gasteiger partial charge in [0, 0.05) is 5.75 Å². The van der Waals surface area contributed by atoms with E-state index < -0.39 is 10.8 Å². The lowest BCUT2D eigenvalue weighted by molar-refractivity contribution is 0.690. The van der Waals surface area contributed by atoms with Gasteiger partial charge in [0.25, 0.3) is 5.56 Å². The van der Waals surface area contributed by atoms with Gasteiger partial charge in [-0.1, -0.05) is 30.7 Å². The molecule has 1 atom stereocenters. The fourth-order valence-corrected chi connectivity index (χ4v) is 3.15. The summed E-state index contributed by atoms with van der Waals surface area (Å²) >= 11 is 10.4. The van der Waals surface area contributed by atoms with Crippen LogP contribution in [0.3, 0.4) is 0 Å². The van der Waals surface area contributed by atoms with Crippen LogP contribution in [0.1, 0.15) is 19.4 Å². The number of para-hydroxylation sites is 1. The van der Waals surface area contributed by atoms with E-state index in [0.717, 1.165) is 5.56 Å². The quantitative estimate of drug-likeness (QED) is 0.513. The Morgan fingerprint density at radius 1 is 1.48 bits per heavy atom. The number of nitrogens with zero attached hydrogens (tertiary/aromatic N) is 3. The van der Waals surface area contributed by atoms with Gasteiger partial charge in [-0.3, -0.25) is 13.6 Å². The Morgan fingerprint density at radius 3 is 2.78 bits per heavy atom. The number of benzene rings is 1. The van der Waals surface area contributed by atoms with Gasteiger partial charge in [-0.15, -0.1) is 12.6 Å². The summed E-state index contributed by atoms with van der Waals surface area (Å²) in [6.07, 6.45) is 1.36. The number of hydrogen-bond acceptors (Lipinski definition) is 5. The molecule has 0 aliphatic heterocycles. The van der Waals surface area contributed by atoms with Crippen molar-refractivity contribution in [1.29, 1.82) is 0 Å². The summed E-state index contributed by atoms with van der Waals surface area (Å²) in [5, 5.41) is 0.850. The standard InChI is InChI=1S/C15H16ClN3O2S2/c1-4-23(21)10(3)18-14-13(22)15(20)19(8-17-14)12-9(2)6-5-7-11(12)16/h5-8,22H,4H2,1-3H3. The zero-order valence-corrected chi connectivity index (χ0v) is 15.4. The molecule has 0 N–H and O–H groups in total. The summed E-state index contributed by atoms with van der Waals surface area (Å²) in [5.41, 5.74) is 1.02. The number of aryl methyl sites for hydroxylation is 1. The van der Waals surface area contributed by atoms with Crippen LogP contribution >= 0.6 is 24.2 Å². The lowest BCUT2D eigenvalue weighted by Gasteiger charge is -2.12. The van der Waals surface area contributed by atoms with E-state index in [4.69, 9.17) is 11.6 Å². The molecular weight excluding hydrogens is 354 g/mol. The summed E-state index contributed by atoms with van der Waals surface area (Å²) < 4.78 is 13.1. The predicted molar refractivity (Wildman–Crippen MR) is 98.3 cm³/mol. The molecule has 1 unspecified atom stereocenters. The van der Waals surface area contributed by atoms with Gasteiger partial charge in [-0.05, 0) is 25.5 Å². The molecule has 2 aromatic rings. The number of halogens is 1. The van der Waals surface area contributed by atoms with Crippen molar-refractivity contribution in [1.82, 2.24) is 9.55 Å². The molecule has 23 heavy (non-hydrogen) atoms. The minimum Gasteiger partial charge on any atom is -0.268 e. The van der Waals surface area contributed by atoms with Crippen molar-refractivity contribution in [2.75, 3.05) is 5.75 Å². The van der Waals surface area contributed by atoms with Crippen LogP contribution < -0.4 is 5.56 Å². The first-order valence-electron chi connectivity index (χ1n) is 6.86. The van der Waals surface area contributed by atoms with Crippen molar-refractivity contribution in [3.8, 4) is 5.69 Å². The Kier molecular flexibility index (Phi) is 5.78. The fourth-order valence-electron chi connectivity index (χ4n) is 2.01. The molecule has 5 nitrogen and oxygen atoms in total. The molecule has 0 aliphatic carbocycles. The molecule has 1 aromatic heterocycles. The highest BCUT2D eigenvalue weighted by molar-refractivity contribution is 8.00. The molecule has 0 saturated carbocycles. The van der Waals surface area contributed by atoms with Crippen molar-refractivity contribution in [2.24, 2.45) is 4.99 Å². The summed E-state index contributed by atoms with van der Waals surface area (Å²) in [7, 11) is -1.19. The maximum atomic E-state index is 12.6. The topological polar surface area (TPSA) is 64.3 Å². The van der Waals surface area contributed by atoms with Gasteiger partial charge in [0.1, 0.15) is 16.3 Å². The Labute approximate surface area is 147 Å². The molecule has 0 fully saturated rings. The van der Waals surface area contributed by atoms with E-state index in [1.54, 1.807) is 19.9 Å². The molecule has 122 valence electrons. The number of aliphatic imine (C=N–C) groups is 1. The van der Waals surface area contributed by atoms with Gasteiger partial charge < -0.3 is 0 Å². The molecule has 0 aliphatic rings. The first-order chi connectivity index (χ1) is 10.9. The van der Waals surface area contributed by atoms with E-state index in [9.17, 15) is 9.00 Å². The van der Waals surface area contributed by atoms with Crippen molar-refractivity contribution >= 4 is 45.9 Å². The van der Waals surface area contributed by atoms with Crippen LogP contribution in [0.5, 0.6) is 0 Å². The average Bonchev–Trinajstić information content (AvgIpc) is 2.52. The highest BCUT2D eigenvalue weighted by atomic mass is 35.5. The Morgan fingerprint density at radius 2 is 2.17 bits per heavy atom. The molecule has 0 saturated heterocycles. The van der Waals surface area contributed by atoms with E-state index in [1.165, 1.54) is 10.9 Å². The molecule has 0 bridgehead atoms. The number of aromatic nitrogens is 2. The van der Waals surface area contributed by atoms with Crippen LogP contribution in [0.25, 0.3) is 5.69 Å². The van der Waals surface area contributed by atoms with E-state index in [-0.39, 0.29) is 16.3 Å². The largest absolute Gasteiger partial charge is 0.273 e. The predicted octanol–water partition coefficient (Wildman–Crippen LogP) is 3.30. The maximum absolute atomic E-state index is 12.6. The third-order valence-electron chi connectivity index (χ3n) is 3.21. The highest BCUT2D eigenvalue weighted by Gasteiger charge is 2.14. The van der Waals surface area contributed by atoms with Gasteiger partial charge in [0.15, 0.2) is 5.82 Å².